The van der Waals surface area contributed by atoms with E-state index in [1.54, 1.807) is 11.3 Å². The van der Waals surface area contributed by atoms with Gasteiger partial charge in [-0.15, -0.1) is 24.5 Å². The number of carbonyl (C=O) groups excluding carboxylic acids is 1. The third kappa shape index (κ3) is 4.72. The zero-order chi connectivity index (χ0) is 20.3. The lowest BCUT2D eigenvalue weighted by molar-refractivity contribution is -0.274. The normalized spacial score (nSPS) is 11.5. The first-order chi connectivity index (χ1) is 13.2. The second kappa shape index (κ2) is 8.05. The first-order valence-corrected chi connectivity index (χ1v) is 9.34. The number of carbonyl (C=O) groups is 1. The fraction of sp³-hybridized carbons (Fsp3) is 0.263. The molecule has 9 heteroatoms. The number of ether oxygens (including phenoxy) is 1. The van der Waals surface area contributed by atoms with Crippen LogP contribution in [0.2, 0.25) is 0 Å². The number of aryl methyl sites for hydroxylation is 1. The van der Waals surface area contributed by atoms with E-state index in [1.165, 1.54) is 12.1 Å². The van der Waals surface area contributed by atoms with E-state index in [2.05, 4.69) is 15.2 Å². The van der Waals surface area contributed by atoms with Crippen LogP contribution in [0.15, 0.2) is 41.8 Å². The van der Waals surface area contributed by atoms with E-state index >= 15 is 0 Å². The lowest BCUT2D eigenvalue weighted by Crippen LogP contribution is -2.27. The number of aromatic nitrogens is 2. The molecule has 1 N–H and O–H groups in total. The molecule has 2 aromatic heterocycles. The first-order valence-electron chi connectivity index (χ1n) is 8.46. The van der Waals surface area contributed by atoms with Gasteiger partial charge in [0.2, 0.25) is 0 Å². The molecule has 0 aliphatic carbocycles. The molecule has 3 rings (SSSR count). The molecule has 5 nitrogen and oxygen atoms in total. The number of benzene rings is 1. The predicted molar refractivity (Wildman–Crippen MR) is 100 cm³/mol. The number of amides is 1. The number of thiophene rings is 1. The van der Waals surface area contributed by atoms with Gasteiger partial charge in [0.25, 0.3) is 5.91 Å². The van der Waals surface area contributed by atoms with Gasteiger partial charge in [-0.1, -0.05) is 6.07 Å². The summed E-state index contributed by atoms with van der Waals surface area (Å²) in [5, 5.41) is 9.29. The number of hydrogen-bond donors (Lipinski definition) is 1. The van der Waals surface area contributed by atoms with Crippen LogP contribution in [0.4, 0.5) is 13.2 Å². The van der Waals surface area contributed by atoms with E-state index in [0.717, 1.165) is 34.0 Å². The van der Waals surface area contributed by atoms with Crippen LogP contribution in [0.25, 0.3) is 10.4 Å². The van der Waals surface area contributed by atoms with Crippen molar-refractivity contribution in [2.75, 3.05) is 6.54 Å². The molecule has 148 valence electrons. The van der Waals surface area contributed by atoms with E-state index in [1.807, 2.05) is 36.0 Å². The molecule has 0 saturated heterocycles. The maximum atomic E-state index is 12.2. The maximum Gasteiger partial charge on any atom is 0.573 e. The average Bonchev–Trinajstić information content (AvgIpc) is 3.22. The molecule has 0 fully saturated rings. The lowest BCUT2D eigenvalue weighted by atomic mass is 10.1. The van der Waals surface area contributed by atoms with Crippen LogP contribution in [0, 0.1) is 13.8 Å². The quantitative estimate of drug-likeness (QED) is 0.650. The van der Waals surface area contributed by atoms with Crippen molar-refractivity contribution >= 4 is 17.2 Å². The Bertz CT molecular complexity index is 948. The molecule has 0 spiro atoms. The second-order valence-corrected chi connectivity index (χ2v) is 7.02. The van der Waals surface area contributed by atoms with Gasteiger partial charge < -0.3 is 10.1 Å². The molecule has 28 heavy (non-hydrogen) atoms. The predicted octanol–water partition coefficient (Wildman–Crippen LogP) is 4.56. The minimum atomic E-state index is -4.76. The summed E-state index contributed by atoms with van der Waals surface area (Å²) in [6.45, 7) is 4.75. The van der Waals surface area contributed by atoms with Gasteiger partial charge in [0.05, 0.1) is 12.2 Å². The lowest BCUT2D eigenvalue weighted by Gasteiger charge is -2.10. The molecule has 0 saturated carbocycles. The van der Waals surface area contributed by atoms with E-state index in [0.29, 0.717) is 13.1 Å². The Kier molecular flexibility index (Phi) is 5.73. The molecule has 0 aliphatic heterocycles. The molecular weight excluding hydrogens is 391 g/mol. The standard InChI is InChI=1S/C19H18F3N3O2S/c1-12-17(16-4-3-11-28-16)13(2)25(24-12)10-9-23-18(26)14-5-7-15(8-6-14)27-19(20,21)22/h3-8,11H,9-10H2,1-2H3,(H,23,26). The van der Waals surface area contributed by atoms with E-state index < -0.39 is 6.36 Å². The van der Waals surface area contributed by atoms with Crippen LogP contribution in [-0.2, 0) is 6.54 Å². The molecule has 1 aromatic carbocycles. The molecule has 0 atom stereocenters. The summed E-state index contributed by atoms with van der Waals surface area (Å²) in [4.78, 5) is 13.3. The fourth-order valence-electron chi connectivity index (χ4n) is 2.88. The summed E-state index contributed by atoms with van der Waals surface area (Å²) in [5.74, 6) is -0.744. The monoisotopic (exact) mass is 409 g/mol. The van der Waals surface area contributed by atoms with Crippen LogP contribution in [0.3, 0.4) is 0 Å². The van der Waals surface area contributed by atoms with Gasteiger partial charge in [0.15, 0.2) is 0 Å². The Balaban J connectivity index is 1.58. The Labute approximate surface area is 163 Å². The van der Waals surface area contributed by atoms with Crippen molar-refractivity contribution in [2.45, 2.75) is 26.8 Å². The van der Waals surface area contributed by atoms with Gasteiger partial charge in [0, 0.05) is 28.2 Å². The molecular formula is C19H18F3N3O2S. The number of rotatable bonds is 6. The minimum Gasteiger partial charge on any atom is -0.406 e. The average molecular weight is 409 g/mol. The zero-order valence-corrected chi connectivity index (χ0v) is 16.0. The van der Waals surface area contributed by atoms with Crippen molar-refractivity contribution in [3.63, 3.8) is 0 Å². The molecule has 0 bridgehead atoms. The van der Waals surface area contributed by atoms with Crippen LogP contribution >= 0.6 is 11.3 Å². The van der Waals surface area contributed by atoms with Crippen LogP contribution < -0.4 is 10.1 Å². The smallest absolute Gasteiger partial charge is 0.406 e. The van der Waals surface area contributed by atoms with Gasteiger partial charge in [-0.25, -0.2) is 0 Å². The van der Waals surface area contributed by atoms with Crippen molar-refractivity contribution in [3.8, 4) is 16.2 Å². The third-order valence-corrected chi connectivity index (χ3v) is 5.00. The fourth-order valence-corrected chi connectivity index (χ4v) is 3.75. The van der Waals surface area contributed by atoms with Gasteiger partial charge in [-0.2, -0.15) is 5.10 Å². The summed E-state index contributed by atoms with van der Waals surface area (Å²) in [7, 11) is 0. The summed E-state index contributed by atoms with van der Waals surface area (Å²) >= 11 is 1.64. The zero-order valence-electron chi connectivity index (χ0n) is 15.2. The van der Waals surface area contributed by atoms with E-state index in [-0.39, 0.29) is 17.2 Å². The highest BCUT2D eigenvalue weighted by Gasteiger charge is 2.31. The second-order valence-electron chi connectivity index (χ2n) is 6.07. The summed E-state index contributed by atoms with van der Waals surface area (Å²) < 4.78 is 42.1. The van der Waals surface area contributed by atoms with Gasteiger partial charge in [-0.05, 0) is 49.6 Å². The highest BCUT2D eigenvalue weighted by atomic mass is 32.1. The van der Waals surface area contributed by atoms with Gasteiger partial charge in [-0.3, -0.25) is 9.48 Å². The largest absolute Gasteiger partial charge is 0.573 e. The van der Waals surface area contributed by atoms with Crippen molar-refractivity contribution in [2.24, 2.45) is 0 Å². The van der Waals surface area contributed by atoms with Crippen molar-refractivity contribution in [1.82, 2.24) is 15.1 Å². The number of halogens is 3. The SMILES string of the molecule is Cc1nn(CCNC(=O)c2ccc(OC(F)(F)F)cc2)c(C)c1-c1cccs1. The molecule has 1 amide bonds. The topological polar surface area (TPSA) is 56.2 Å². The maximum absolute atomic E-state index is 12.2. The van der Waals surface area contributed by atoms with Crippen molar-refractivity contribution < 1.29 is 22.7 Å². The van der Waals surface area contributed by atoms with Crippen molar-refractivity contribution in [3.05, 3.63) is 58.7 Å². The Hall–Kier alpha value is -2.81. The molecule has 3 aromatic rings. The Morgan fingerprint density at radius 3 is 2.54 bits per heavy atom. The Morgan fingerprint density at radius 2 is 1.93 bits per heavy atom. The van der Waals surface area contributed by atoms with Crippen LogP contribution in [0.1, 0.15) is 21.7 Å². The molecule has 2 heterocycles. The summed E-state index contributed by atoms with van der Waals surface area (Å²) in [6.07, 6.45) is -4.76. The van der Waals surface area contributed by atoms with E-state index in [4.69, 9.17) is 0 Å². The van der Waals surface area contributed by atoms with Crippen LogP contribution in [0.5, 0.6) is 5.75 Å². The van der Waals surface area contributed by atoms with Gasteiger partial charge >= 0.3 is 6.36 Å². The summed E-state index contributed by atoms with van der Waals surface area (Å²) in [5.41, 5.74) is 3.29. The van der Waals surface area contributed by atoms with Crippen molar-refractivity contribution in [1.29, 1.82) is 0 Å². The highest BCUT2D eigenvalue weighted by molar-refractivity contribution is 7.13. The first kappa shape index (κ1) is 19.9. The van der Waals surface area contributed by atoms with E-state index in [9.17, 15) is 18.0 Å². The number of nitrogens with zero attached hydrogens (tertiary/aromatic N) is 2. The third-order valence-electron chi connectivity index (χ3n) is 4.11. The molecule has 0 unspecified atom stereocenters. The summed E-state index contributed by atoms with van der Waals surface area (Å²) in [6, 6.07) is 8.82. The highest BCUT2D eigenvalue weighted by Crippen LogP contribution is 2.30. The van der Waals surface area contributed by atoms with Gasteiger partial charge in [0.1, 0.15) is 5.75 Å². The number of hydrogen-bond acceptors (Lipinski definition) is 4. The minimum absolute atomic E-state index is 0.252. The molecule has 0 aliphatic rings. The number of nitrogens with one attached hydrogen (secondary N) is 1. The Morgan fingerprint density at radius 1 is 1.21 bits per heavy atom. The molecule has 0 radical (unpaired) electrons. The van der Waals surface area contributed by atoms with Crippen LogP contribution in [-0.4, -0.2) is 28.6 Å². The number of alkyl halides is 3.